The number of ether oxygens (including phenoxy) is 1. The predicted molar refractivity (Wildman–Crippen MR) is 140 cm³/mol. The molecule has 0 spiro atoms. The van der Waals surface area contributed by atoms with Crippen LogP contribution in [0.4, 0.5) is 0 Å². The number of hydrogen-bond acceptors (Lipinski definition) is 6. The Morgan fingerprint density at radius 2 is 1.86 bits per heavy atom. The number of carbonyl (C=O) groups excluding carboxylic acids is 1. The number of piperidine rings is 1. The summed E-state index contributed by atoms with van der Waals surface area (Å²) in [7, 11) is 0. The van der Waals surface area contributed by atoms with Crippen LogP contribution in [0.1, 0.15) is 48.8 Å². The van der Waals surface area contributed by atoms with Crippen molar-refractivity contribution in [1.82, 2.24) is 4.90 Å². The van der Waals surface area contributed by atoms with Gasteiger partial charge in [0.05, 0.1) is 6.61 Å². The maximum absolute atomic E-state index is 12.5. The number of aliphatic hydroxyl groups is 1. The van der Waals surface area contributed by atoms with E-state index in [9.17, 15) is 14.7 Å². The first-order chi connectivity index (χ1) is 17.3. The third-order valence-corrected chi connectivity index (χ3v) is 6.99. The first-order valence-electron chi connectivity index (χ1n) is 12.8. The summed E-state index contributed by atoms with van der Waals surface area (Å²) in [6, 6.07) is 14.8. The Hall–Kier alpha value is -3.16. The van der Waals surface area contributed by atoms with Crippen LogP contribution in [0, 0.1) is 6.92 Å². The molecular weight excluding hydrogens is 456 g/mol. The second kappa shape index (κ2) is 11.7. The van der Waals surface area contributed by atoms with Crippen molar-refractivity contribution in [2.45, 2.75) is 57.5 Å². The SMILES string of the molecule is Cc1ccc2oc(=O)c(CC(O)(CCc3ccc(OCCCN4CCCCC4)cc3)C(N)=O)cc2c1. The molecule has 4 rings (SSSR count). The van der Waals surface area contributed by atoms with Crippen LogP contribution in [0.2, 0.25) is 0 Å². The van der Waals surface area contributed by atoms with E-state index < -0.39 is 17.1 Å². The lowest BCUT2D eigenvalue weighted by atomic mass is 9.88. The van der Waals surface area contributed by atoms with Crippen molar-refractivity contribution in [2.24, 2.45) is 5.73 Å². The molecule has 7 nitrogen and oxygen atoms in total. The quantitative estimate of drug-likeness (QED) is 0.312. The Balaban J connectivity index is 1.33. The first-order valence-corrected chi connectivity index (χ1v) is 12.8. The zero-order chi connectivity index (χ0) is 25.5. The molecule has 2 aromatic carbocycles. The summed E-state index contributed by atoms with van der Waals surface area (Å²) in [5.74, 6) is -0.0634. The minimum Gasteiger partial charge on any atom is -0.494 e. The van der Waals surface area contributed by atoms with E-state index in [0.29, 0.717) is 18.6 Å². The summed E-state index contributed by atoms with van der Waals surface area (Å²) >= 11 is 0. The van der Waals surface area contributed by atoms with Gasteiger partial charge in [-0.2, -0.15) is 0 Å². The van der Waals surface area contributed by atoms with Crippen LogP contribution in [-0.4, -0.2) is 47.8 Å². The van der Waals surface area contributed by atoms with Crippen molar-refractivity contribution < 1.29 is 19.1 Å². The number of carbonyl (C=O) groups is 1. The van der Waals surface area contributed by atoms with E-state index in [4.69, 9.17) is 14.9 Å². The van der Waals surface area contributed by atoms with Crippen molar-refractivity contribution >= 4 is 16.9 Å². The second-order valence-electron chi connectivity index (χ2n) is 9.92. The van der Waals surface area contributed by atoms with Crippen LogP contribution in [0.15, 0.2) is 57.7 Å². The number of hydrogen-bond donors (Lipinski definition) is 2. The molecule has 36 heavy (non-hydrogen) atoms. The monoisotopic (exact) mass is 492 g/mol. The van der Waals surface area contributed by atoms with Crippen molar-refractivity contribution in [1.29, 1.82) is 0 Å². The van der Waals surface area contributed by atoms with Crippen LogP contribution >= 0.6 is 0 Å². The molecule has 1 amide bonds. The molecule has 0 saturated carbocycles. The highest BCUT2D eigenvalue weighted by Gasteiger charge is 2.35. The van der Waals surface area contributed by atoms with Gasteiger partial charge >= 0.3 is 5.63 Å². The highest BCUT2D eigenvalue weighted by molar-refractivity contribution is 5.84. The first kappa shape index (κ1) is 25.9. The smallest absolute Gasteiger partial charge is 0.339 e. The molecule has 1 saturated heterocycles. The van der Waals surface area contributed by atoms with Crippen molar-refractivity contribution in [2.75, 3.05) is 26.2 Å². The highest BCUT2D eigenvalue weighted by Crippen LogP contribution is 2.23. The molecule has 3 N–H and O–H groups in total. The zero-order valence-corrected chi connectivity index (χ0v) is 21.0. The van der Waals surface area contributed by atoms with E-state index in [2.05, 4.69) is 4.90 Å². The average Bonchev–Trinajstić information content (AvgIpc) is 2.87. The molecule has 1 fully saturated rings. The predicted octanol–water partition coefficient (Wildman–Crippen LogP) is 3.75. The van der Waals surface area contributed by atoms with Crippen molar-refractivity contribution in [3.8, 4) is 5.75 Å². The third-order valence-electron chi connectivity index (χ3n) is 6.99. The number of aryl methyl sites for hydroxylation is 2. The summed E-state index contributed by atoms with van der Waals surface area (Å²) in [5, 5.41) is 11.8. The van der Waals surface area contributed by atoms with Crippen LogP contribution in [-0.2, 0) is 17.6 Å². The largest absolute Gasteiger partial charge is 0.494 e. The molecule has 1 unspecified atom stereocenters. The topological polar surface area (TPSA) is 106 Å². The maximum Gasteiger partial charge on any atom is 0.339 e. The van der Waals surface area contributed by atoms with Gasteiger partial charge in [-0.3, -0.25) is 4.79 Å². The van der Waals surface area contributed by atoms with Gasteiger partial charge in [-0.05, 0) is 88.0 Å². The van der Waals surface area contributed by atoms with E-state index in [1.807, 2.05) is 43.3 Å². The van der Waals surface area contributed by atoms with E-state index in [0.717, 1.165) is 35.2 Å². The number of nitrogens with zero attached hydrogens (tertiary/aromatic N) is 1. The van der Waals surface area contributed by atoms with Gasteiger partial charge in [0, 0.05) is 23.9 Å². The lowest BCUT2D eigenvalue weighted by molar-refractivity contribution is -0.136. The Bertz CT molecular complexity index is 1230. The number of fused-ring (bicyclic) bond motifs is 1. The summed E-state index contributed by atoms with van der Waals surface area (Å²) < 4.78 is 11.3. The zero-order valence-electron chi connectivity index (χ0n) is 21.0. The van der Waals surface area contributed by atoms with Gasteiger partial charge in [0.25, 0.3) is 0 Å². The number of benzene rings is 2. The normalized spacial score (nSPS) is 16.1. The Morgan fingerprint density at radius 1 is 1.11 bits per heavy atom. The van der Waals surface area contributed by atoms with Gasteiger partial charge in [-0.1, -0.05) is 30.2 Å². The summed E-state index contributed by atoms with van der Waals surface area (Å²) in [6.45, 7) is 6.07. The Labute approximate surface area is 211 Å². The minimum absolute atomic E-state index is 0.0870. The van der Waals surface area contributed by atoms with Gasteiger partial charge in [-0.15, -0.1) is 0 Å². The van der Waals surface area contributed by atoms with E-state index in [1.165, 1.54) is 32.4 Å². The summed E-state index contributed by atoms with van der Waals surface area (Å²) in [5.41, 5.74) is 5.77. The average molecular weight is 493 g/mol. The lowest BCUT2D eigenvalue weighted by Crippen LogP contribution is -2.47. The number of likely N-dealkylation sites (tertiary alicyclic amines) is 1. The van der Waals surface area contributed by atoms with Gasteiger partial charge in [0.15, 0.2) is 0 Å². The van der Waals surface area contributed by atoms with Gasteiger partial charge in [0.2, 0.25) is 5.91 Å². The molecule has 7 heteroatoms. The fourth-order valence-electron chi connectivity index (χ4n) is 4.79. The van der Waals surface area contributed by atoms with Gasteiger partial charge in [0.1, 0.15) is 16.9 Å². The second-order valence-corrected chi connectivity index (χ2v) is 9.92. The molecule has 1 atom stereocenters. The van der Waals surface area contributed by atoms with Gasteiger partial charge in [-0.25, -0.2) is 4.79 Å². The number of amides is 1. The minimum atomic E-state index is -1.87. The standard InChI is InChI=1S/C29H36N2O5/c1-21-6-11-26-23(18-21)19-24(27(32)36-26)20-29(34,28(30)33)13-12-22-7-9-25(10-8-22)35-17-5-16-31-14-3-2-4-15-31/h6-11,18-19,34H,2-5,12-17,20H2,1H3,(H2,30,33). The number of rotatable bonds is 11. The summed E-state index contributed by atoms with van der Waals surface area (Å²) in [4.78, 5) is 27.2. The maximum atomic E-state index is 12.5. The van der Waals surface area contributed by atoms with E-state index in [-0.39, 0.29) is 18.4 Å². The van der Waals surface area contributed by atoms with Crippen LogP contribution < -0.4 is 16.1 Å². The molecule has 0 aliphatic carbocycles. The lowest BCUT2D eigenvalue weighted by Gasteiger charge is -2.26. The molecule has 2 heterocycles. The summed E-state index contributed by atoms with van der Waals surface area (Å²) in [6.07, 6.45) is 5.23. The Morgan fingerprint density at radius 3 is 2.58 bits per heavy atom. The van der Waals surface area contributed by atoms with Crippen molar-refractivity contribution in [3.63, 3.8) is 0 Å². The van der Waals surface area contributed by atoms with Crippen LogP contribution in [0.5, 0.6) is 5.75 Å². The van der Waals surface area contributed by atoms with Gasteiger partial charge < -0.3 is 24.9 Å². The third kappa shape index (κ3) is 6.74. The molecule has 0 bridgehead atoms. The van der Waals surface area contributed by atoms with Crippen molar-refractivity contribution in [3.05, 3.63) is 75.6 Å². The van der Waals surface area contributed by atoms with E-state index >= 15 is 0 Å². The Kier molecular flexibility index (Phi) is 8.44. The fourth-order valence-corrected chi connectivity index (χ4v) is 4.79. The highest BCUT2D eigenvalue weighted by atomic mass is 16.5. The van der Waals surface area contributed by atoms with Crippen LogP contribution in [0.25, 0.3) is 11.0 Å². The molecule has 3 aromatic rings. The molecule has 192 valence electrons. The van der Waals surface area contributed by atoms with Crippen LogP contribution in [0.3, 0.4) is 0 Å². The molecule has 1 aliphatic rings. The van der Waals surface area contributed by atoms with E-state index in [1.54, 1.807) is 12.1 Å². The molecule has 1 aromatic heterocycles. The molecular formula is C29H36N2O5. The fraction of sp³-hybridized carbons (Fsp3) is 0.448. The molecule has 0 radical (unpaired) electrons. The number of nitrogens with two attached hydrogens (primary N) is 1. The molecule has 1 aliphatic heterocycles. The number of primary amides is 1.